The molecule has 2 atom stereocenters. The van der Waals surface area contributed by atoms with Crippen LogP contribution in [0, 0.1) is 0 Å². The Hall–Kier alpha value is -1.90. The third kappa shape index (κ3) is 2.33. The maximum absolute atomic E-state index is 12.2. The molecule has 0 saturated carbocycles. The minimum Gasteiger partial charge on any atom is -0.456 e. The second-order valence-corrected chi connectivity index (χ2v) is 5.20. The summed E-state index contributed by atoms with van der Waals surface area (Å²) < 4.78 is 5.53. The number of esters is 1. The average molecular weight is 255 g/mol. The van der Waals surface area contributed by atoms with Crippen LogP contribution >= 0.6 is 0 Å². The van der Waals surface area contributed by atoms with E-state index in [1.54, 1.807) is 0 Å². The summed E-state index contributed by atoms with van der Waals surface area (Å²) in [7, 11) is 0. The summed E-state index contributed by atoms with van der Waals surface area (Å²) in [4.78, 5) is 16.5. The molecule has 1 aromatic rings. The third-order valence-electron chi connectivity index (χ3n) is 3.66. The number of rotatable bonds is 3. The molecule has 1 aliphatic carbocycles. The summed E-state index contributed by atoms with van der Waals surface area (Å²) in [5, 5.41) is 0. The van der Waals surface area contributed by atoms with Gasteiger partial charge in [0.15, 0.2) is 5.54 Å². The highest BCUT2D eigenvalue weighted by atomic mass is 16.5. The standard InChI is InChI=1S/C16H17NO2/c1-16(14(17-16)12-8-4-2-5-9-12)15(18)19-13-10-6-3-7-11-13/h2,4-6,8-10,13H,3,7,11H2,1H3. The normalized spacial score (nSPS) is 28.7. The van der Waals surface area contributed by atoms with Gasteiger partial charge in [-0.1, -0.05) is 36.4 Å². The Morgan fingerprint density at radius 1 is 1.37 bits per heavy atom. The van der Waals surface area contributed by atoms with Crippen LogP contribution in [0.4, 0.5) is 0 Å². The zero-order valence-corrected chi connectivity index (χ0v) is 11.0. The molecule has 1 aromatic carbocycles. The Kier molecular flexibility index (Phi) is 2.97. The lowest BCUT2D eigenvalue weighted by atomic mass is 10.00. The number of carbonyl (C=O) groups excluding carboxylic acids is 1. The van der Waals surface area contributed by atoms with E-state index >= 15 is 0 Å². The Balaban J connectivity index is 1.66. The van der Waals surface area contributed by atoms with E-state index in [1.165, 1.54) is 0 Å². The molecule has 0 fully saturated rings. The molecule has 0 spiro atoms. The quantitative estimate of drug-likeness (QED) is 0.615. The van der Waals surface area contributed by atoms with E-state index in [-0.39, 0.29) is 12.1 Å². The predicted molar refractivity (Wildman–Crippen MR) is 74.3 cm³/mol. The van der Waals surface area contributed by atoms with E-state index in [9.17, 15) is 4.79 Å². The summed E-state index contributed by atoms with van der Waals surface area (Å²) in [6.45, 7) is 1.82. The molecule has 0 radical (unpaired) electrons. The summed E-state index contributed by atoms with van der Waals surface area (Å²) in [5.41, 5.74) is 1.06. The number of hydrogen-bond donors (Lipinski definition) is 0. The largest absolute Gasteiger partial charge is 0.456 e. The maximum atomic E-state index is 12.2. The van der Waals surface area contributed by atoms with Crippen molar-refractivity contribution in [3.63, 3.8) is 0 Å². The maximum Gasteiger partial charge on any atom is 0.340 e. The fourth-order valence-corrected chi connectivity index (χ4v) is 2.41. The van der Waals surface area contributed by atoms with E-state index in [1.807, 2.05) is 43.3 Å². The second-order valence-electron chi connectivity index (χ2n) is 5.20. The number of nitrogens with zero attached hydrogens (tertiary/aromatic N) is 1. The smallest absolute Gasteiger partial charge is 0.340 e. The highest BCUT2D eigenvalue weighted by Crippen LogP contribution is 2.34. The number of allylic oxidation sites excluding steroid dienone is 1. The van der Waals surface area contributed by atoms with Crippen LogP contribution in [0.1, 0.15) is 31.7 Å². The van der Waals surface area contributed by atoms with Gasteiger partial charge >= 0.3 is 5.97 Å². The highest BCUT2D eigenvalue weighted by Gasteiger charge is 2.52. The van der Waals surface area contributed by atoms with Crippen molar-refractivity contribution >= 4 is 11.7 Å². The molecule has 98 valence electrons. The van der Waals surface area contributed by atoms with Crippen LogP contribution in [0.25, 0.3) is 0 Å². The number of hydrogen-bond acceptors (Lipinski definition) is 3. The summed E-state index contributed by atoms with van der Waals surface area (Å²) in [6, 6.07) is 9.79. The fourth-order valence-electron chi connectivity index (χ4n) is 2.41. The van der Waals surface area contributed by atoms with Crippen LogP contribution < -0.4 is 0 Å². The molecule has 3 rings (SSSR count). The molecule has 0 aromatic heterocycles. The van der Waals surface area contributed by atoms with Gasteiger partial charge in [-0.2, -0.15) is 0 Å². The van der Waals surface area contributed by atoms with Gasteiger partial charge in [-0.3, -0.25) is 4.99 Å². The fraction of sp³-hybridized carbons (Fsp3) is 0.375. The molecule has 19 heavy (non-hydrogen) atoms. The Morgan fingerprint density at radius 2 is 2.16 bits per heavy atom. The minimum atomic E-state index is -0.771. The molecular formula is C16H17NO2. The monoisotopic (exact) mass is 255 g/mol. The van der Waals surface area contributed by atoms with E-state index in [2.05, 4.69) is 11.1 Å². The number of ether oxygens (including phenoxy) is 1. The van der Waals surface area contributed by atoms with Crippen molar-refractivity contribution in [3.8, 4) is 0 Å². The topological polar surface area (TPSA) is 38.7 Å². The van der Waals surface area contributed by atoms with Crippen molar-refractivity contribution in [2.24, 2.45) is 4.99 Å². The molecule has 0 N–H and O–H groups in total. The van der Waals surface area contributed by atoms with Crippen LogP contribution in [0.5, 0.6) is 0 Å². The lowest BCUT2D eigenvalue weighted by Gasteiger charge is -2.19. The van der Waals surface area contributed by atoms with Gasteiger partial charge in [0.1, 0.15) is 6.10 Å². The molecule has 1 heterocycles. The van der Waals surface area contributed by atoms with E-state index < -0.39 is 5.54 Å². The van der Waals surface area contributed by atoms with E-state index in [0.29, 0.717) is 0 Å². The average Bonchev–Trinajstić information content (AvgIpc) is 3.15. The first kappa shape index (κ1) is 12.2. The SMILES string of the molecule is CC1(C(=O)OC2C=CCCC2)N=C1c1ccccc1. The van der Waals surface area contributed by atoms with Crippen molar-refractivity contribution in [2.75, 3.05) is 0 Å². The number of benzene rings is 1. The first-order valence-electron chi connectivity index (χ1n) is 6.74. The van der Waals surface area contributed by atoms with Gasteiger partial charge in [0.2, 0.25) is 0 Å². The molecule has 2 unspecified atom stereocenters. The number of aliphatic imine (C=N–C) groups is 1. The molecule has 3 heteroatoms. The number of carbonyl (C=O) groups is 1. The van der Waals surface area contributed by atoms with Gasteiger partial charge in [0.25, 0.3) is 0 Å². The van der Waals surface area contributed by atoms with Crippen molar-refractivity contribution in [3.05, 3.63) is 48.0 Å². The van der Waals surface area contributed by atoms with E-state index in [4.69, 9.17) is 4.74 Å². The van der Waals surface area contributed by atoms with Gasteiger partial charge in [0.05, 0.1) is 5.71 Å². The molecular weight excluding hydrogens is 238 g/mol. The van der Waals surface area contributed by atoms with Crippen LogP contribution in [0.15, 0.2) is 47.5 Å². The van der Waals surface area contributed by atoms with Gasteiger partial charge in [-0.25, -0.2) is 4.79 Å². The van der Waals surface area contributed by atoms with Crippen LogP contribution in [0.3, 0.4) is 0 Å². The lowest BCUT2D eigenvalue weighted by molar-refractivity contribution is -0.149. The zero-order valence-electron chi connectivity index (χ0n) is 11.0. The van der Waals surface area contributed by atoms with Crippen LogP contribution in [0.2, 0.25) is 0 Å². The summed E-state index contributed by atoms with van der Waals surface area (Å²) in [6.07, 6.45) is 7.06. The van der Waals surface area contributed by atoms with Gasteiger partial charge in [-0.15, -0.1) is 0 Å². The highest BCUT2D eigenvalue weighted by molar-refractivity contribution is 6.28. The molecule has 1 aliphatic heterocycles. The van der Waals surface area contributed by atoms with Crippen LogP contribution in [-0.4, -0.2) is 23.3 Å². The third-order valence-corrected chi connectivity index (χ3v) is 3.66. The first-order chi connectivity index (χ1) is 9.20. The molecule has 3 nitrogen and oxygen atoms in total. The van der Waals surface area contributed by atoms with Gasteiger partial charge in [0, 0.05) is 0 Å². The van der Waals surface area contributed by atoms with Crippen molar-refractivity contribution < 1.29 is 9.53 Å². The molecule has 2 aliphatic rings. The van der Waals surface area contributed by atoms with Crippen molar-refractivity contribution in [2.45, 2.75) is 37.8 Å². The Bertz CT molecular complexity index is 547. The molecule has 0 bridgehead atoms. The van der Waals surface area contributed by atoms with Crippen molar-refractivity contribution in [1.82, 2.24) is 0 Å². The van der Waals surface area contributed by atoms with E-state index in [0.717, 1.165) is 30.5 Å². The molecule has 0 amide bonds. The summed E-state index contributed by atoms with van der Waals surface area (Å²) >= 11 is 0. The van der Waals surface area contributed by atoms with Gasteiger partial charge < -0.3 is 4.74 Å². The minimum absolute atomic E-state index is 0.0779. The second kappa shape index (κ2) is 4.65. The summed E-state index contributed by atoms with van der Waals surface area (Å²) in [5.74, 6) is -0.233. The zero-order chi connectivity index (χ0) is 13.3. The molecule has 0 saturated heterocycles. The Labute approximate surface area is 113 Å². The van der Waals surface area contributed by atoms with Gasteiger partial charge in [-0.05, 0) is 37.8 Å². The van der Waals surface area contributed by atoms with Crippen LogP contribution in [-0.2, 0) is 9.53 Å². The lowest BCUT2D eigenvalue weighted by Crippen LogP contribution is -2.32. The predicted octanol–water partition coefficient (Wildman–Crippen LogP) is 2.90. The van der Waals surface area contributed by atoms with Crippen molar-refractivity contribution in [1.29, 1.82) is 0 Å². The first-order valence-corrected chi connectivity index (χ1v) is 6.74. The Morgan fingerprint density at radius 3 is 2.84 bits per heavy atom.